The van der Waals surface area contributed by atoms with Crippen molar-refractivity contribution in [1.82, 2.24) is 0 Å². The molecule has 0 aromatic heterocycles. The molecule has 4 saturated carbocycles. The first-order chi connectivity index (χ1) is 10.0. The molecule has 0 heterocycles. The summed E-state index contributed by atoms with van der Waals surface area (Å²) < 4.78 is 1.20. The van der Waals surface area contributed by atoms with Crippen LogP contribution in [0.5, 0.6) is 0 Å². The Morgan fingerprint density at radius 3 is 2.19 bits per heavy atom. The van der Waals surface area contributed by atoms with Gasteiger partial charge in [-0.05, 0) is 99.3 Å². The third kappa shape index (κ3) is 2.44. The highest BCUT2D eigenvalue weighted by Crippen LogP contribution is 2.61. The van der Waals surface area contributed by atoms with Crippen LogP contribution in [0.1, 0.15) is 51.0 Å². The molecule has 0 saturated heterocycles. The van der Waals surface area contributed by atoms with E-state index >= 15 is 0 Å². The van der Waals surface area contributed by atoms with E-state index < -0.39 is 0 Å². The van der Waals surface area contributed by atoms with Crippen molar-refractivity contribution < 1.29 is 0 Å². The lowest BCUT2D eigenvalue weighted by Gasteiger charge is -2.59. The van der Waals surface area contributed by atoms with Crippen molar-refractivity contribution in [3.05, 3.63) is 28.2 Å². The molecule has 1 N–H and O–H groups in total. The predicted octanol–water partition coefficient (Wildman–Crippen LogP) is 5.77. The minimum atomic E-state index is 0.579. The molecular weight excluding hydrogens is 322 g/mol. The zero-order valence-electron chi connectivity index (χ0n) is 13.2. The van der Waals surface area contributed by atoms with E-state index in [9.17, 15) is 0 Å². The minimum Gasteiger partial charge on any atom is -0.382 e. The fourth-order valence-corrected chi connectivity index (χ4v) is 6.09. The van der Waals surface area contributed by atoms with Crippen LogP contribution in [0.4, 0.5) is 5.69 Å². The molecular formula is C19H26BrN. The van der Waals surface area contributed by atoms with Gasteiger partial charge in [0.1, 0.15) is 0 Å². The van der Waals surface area contributed by atoms with E-state index in [0.717, 1.165) is 17.8 Å². The summed E-state index contributed by atoms with van der Waals surface area (Å²) in [6.45, 7) is 4.61. The lowest BCUT2D eigenvalue weighted by Crippen LogP contribution is -2.52. The standard InChI is InChI=1S/C19H26BrN/c1-12-5-17(3-4-18(12)20)21-13(2)19-9-14-6-15(10-19)8-16(7-14)11-19/h3-5,13-16,21H,6-11H2,1-2H3. The van der Waals surface area contributed by atoms with E-state index in [1.807, 2.05) is 0 Å². The average molecular weight is 348 g/mol. The monoisotopic (exact) mass is 347 g/mol. The number of hydrogen-bond acceptors (Lipinski definition) is 1. The molecule has 21 heavy (non-hydrogen) atoms. The van der Waals surface area contributed by atoms with Gasteiger partial charge < -0.3 is 5.32 Å². The van der Waals surface area contributed by atoms with Crippen LogP contribution >= 0.6 is 15.9 Å². The van der Waals surface area contributed by atoms with Crippen LogP contribution < -0.4 is 5.32 Å². The summed E-state index contributed by atoms with van der Waals surface area (Å²) >= 11 is 3.60. The zero-order valence-corrected chi connectivity index (χ0v) is 14.7. The van der Waals surface area contributed by atoms with Crippen molar-refractivity contribution in [2.45, 2.75) is 58.4 Å². The third-order valence-corrected chi connectivity index (χ3v) is 7.44. The van der Waals surface area contributed by atoms with E-state index in [0.29, 0.717) is 11.5 Å². The highest BCUT2D eigenvalue weighted by atomic mass is 79.9. The fourth-order valence-electron chi connectivity index (χ4n) is 5.85. The van der Waals surface area contributed by atoms with Crippen LogP contribution in [0, 0.1) is 30.1 Å². The molecule has 1 nitrogen and oxygen atoms in total. The highest BCUT2D eigenvalue weighted by molar-refractivity contribution is 9.10. The largest absolute Gasteiger partial charge is 0.382 e. The molecule has 1 unspecified atom stereocenters. The van der Waals surface area contributed by atoms with Gasteiger partial charge in [-0.25, -0.2) is 0 Å². The number of anilines is 1. The van der Waals surface area contributed by atoms with Gasteiger partial charge in [-0.1, -0.05) is 15.9 Å². The Bertz CT molecular complexity index is 515. The maximum Gasteiger partial charge on any atom is 0.0345 e. The average Bonchev–Trinajstić information content (AvgIpc) is 2.41. The summed E-state index contributed by atoms with van der Waals surface area (Å²) in [5.41, 5.74) is 3.19. The molecule has 1 aromatic carbocycles. The highest BCUT2D eigenvalue weighted by Gasteiger charge is 2.53. The molecule has 5 rings (SSSR count). The maximum absolute atomic E-state index is 3.85. The molecule has 0 amide bonds. The van der Waals surface area contributed by atoms with Crippen LogP contribution in [0.15, 0.2) is 22.7 Å². The Labute approximate surface area is 137 Å². The van der Waals surface area contributed by atoms with Crippen LogP contribution in [0.2, 0.25) is 0 Å². The van der Waals surface area contributed by atoms with Gasteiger partial charge in [-0.15, -0.1) is 0 Å². The number of aryl methyl sites for hydroxylation is 1. The molecule has 0 aliphatic heterocycles. The Morgan fingerprint density at radius 2 is 1.67 bits per heavy atom. The Hall–Kier alpha value is -0.500. The second-order valence-corrected chi connectivity index (χ2v) is 8.96. The van der Waals surface area contributed by atoms with Crippen molar-refractivity contribution >= 4 is 21.6 Å². The molecule has 4 aliphatic carbocycles. The van der Waals surface area contributed by atoms with E-state index in [1.54, 1.807) is 0 Å². The van der Waals surface area contributed by atoms with Gasteiger partial charge in [0.25, 0.3) is 0 Å². The molecule has 114 valence electrons. The number of halogens is 1. The first-order valence-electron chi connectivity index (χ1n) is 8.57. The maximum atomic E-state index is 3.85. The number of hydrogen-bond donors (Lipinski definition) is 1. The molecule has 4 bridgehead atoms. The van der Waals surface area contributed by atoms with E-state index in [2.05, 4.69) is 53.3 Å². The first kappa shape index (κ1) is 14.1. The van der Waals surface area contributed by atoms with Crippen molar-refractivity contribution in [1.29, 1.82) is 0 Å². The van der Waals surface area contributed by atoms with Gasteiger partial charge in [-0.2, -0.15) is 0 Å². The van der Waals surface area contributed by atoms with Gasteiger partial charge in [0, 0.05) is 16.2 Å². The van der Waals surface area contributed by atoms with Crippen molar-refractivity contribution in [3.63, 3.8) is 0 Å². The van der Waals surface area contributed by atoms with Crippen molar-refractivity contribution in [2.24, 2.45) is 23.2 Å². The molecule has 2 heteroatoms. The van der Waals surface area contributed by atoms with Crippen LogP contribution in [-0.2, 0) is 0 Å². The molecule has 0 spiro atoms. The molecule has 4 fully saturated rings. The number of benzene rings is 1. The number of nitrogens with one attached hydrogen (secondary N) is 1. The van der Waals surface area contributed by atoms with Gasteiger partial charge >= 0.3 is 0 Å². The molecule has 1 atom stereocenters. The summed E-state index contributed by atoms with van der Waals surface area (Å²) in [5, 5.41) is 3.85. The summed E-state index contributed by atoms with van der Waals surface area (Å²) in [7, 11) is 0. The summed E-state index contributed by atoms with van der Waals surface area (Å²) in [4.78, 5) is 0. The van der Waals surface area contributed by atoms with E-state index in [4.69, 9.17) is 0 Å². The normalized spacial score (nSPS) is 38.5. The second kappa shape index (κ2) is 5.01. The van der Waals surface area contributed by atoms with Gasteiger partial charge in [0.2, 0.25) is 0 Å². The summed E-state index contributed by atoms with van der Waals surface area (Å²) in [6.07, 6.45) is 9.02. The Morgan fingerprint density at radius 1 is 1.10 bits per heavy atom. The lowest BCUT2D eigenvalue weighted by atomic mass is 9.48. The smallest absolute Gasteiger partial charge is 0.0345 e. The van der Waals surface area contributed by atoms with Crippen LogP contribution in [0.3, 0.4) is 0 Å². The SMILES string of the molecule is Cc1cc(NC(C)C23CC4CC(CC(C4)C2)C3)ccc1Br. The number of rotatable bonds is 3. The van der Waals surface area contributed by atoms with Crippen molar-refractivity contribution in [2.75, 3.05) is 5.32 Å². The molecule has 4 aliphatic rings. The topological polar surface area (TPSA) is 12.0 Å². The third-order valence-electron chi connectivity index (χ3n) is 6.55. The van der Waals surface area contributed by atoms with Gasteiger partial charge in [-0.3, -0.25) is 0 Å². The lowest BCUT2D eigenvalue weighted by molar-refractivity contribution is -0.0602. The minimum absolute atomic E-state index is 0.579. The zero-order chi connectivity index (χ0) is 14.6. The summed E-state index contributed by atoms with van der Waals surface area (Å²) in [5.74, 6) is 3.10. The van der Waals surface area contributed by atoms with E-state index in [1.165, 1.54) is 54.2 Å². The first-order valence-corrected chi connectivity index (χ1v) is 9.36. The van der Waals surface area contributed by atoms with Gasteiger partial charge in [0.05, 0.1) is 0 Å². The molecule has 0 radical (unpaired) electrons. The Kier molecular flexibility index (Phi) is 3.37. The van der Waals surface area contributed by atoms with Crippen LogP contribution in [0.25, 0.3) is 0 Å². The Balaban J connectivity index is 1.54. The van der Waals surface area contributed by atoms with Gasteiger partial charge in [0.15, 0.2) is 0 Å². The van der Waals surface area contributed by atoms with Crippen LogP contribution in [-0.4, -0.2) is 6.04 Å². The second-order valence-electron chi connectivity index (χ2n) is 8.11. The van der Waals surface area contributed by atoms with E-state index in [-0.39, 0.29) is 0 Å². The predicted molar refractivity (Wildman–Crippen MR) is 92.6 cm³/mol. The fraction of sp³-hybridized carbons (Fsp3) is 0.684. The summed E-state index contributed by atoms with van der Waals surface area (Å²) in [6, 6.07) is 7.27. The van der Waals surface area contributed by atoms with Crippen molar-refractivity contribution in [3.8, 4) is 0 Å². The molecule has 1 aromatic rings. The quantitative estimate of drug-likeness (QED) is 0.731.